The summed E-state index contributed by atoms with van der Waals surface area (Å²) in [5.41, 5.74) is 6.52. The number of piperidine rings is 1. The van der Waals surface area contributed by atoms with Crippen molar-refractivity contribution in [2.75, 3.05) is 26.2 Å². The van der Waals surface area contributed by atoms with Crippen molar-refractivity contribution in [1.82, 2.24) is 9.80 Å². The summed E-state index contributed by atoms with van der Waals surface area (Å²) in [5, 5.41) is 0. The number of rotatable bonds is 6. The number of hydrogen-bond acceptors (Lipinski definition) is 4. The molecule has 2 fully saturated rings. The van der Waals surface area contributed by atoms with Gasteiger partial charge in [0.05, 0.1) is 6.54 Å². The second kappa shape index (κ2) is 8.34. The minimum absolute atomic E-state index is 0.0483. The summed E-state index contributed by atoms with van der Waals surface area (Å²) in [4.78, 5) is 27.9. The molecule has 0 radical (unpaired) electrons. The Balaban J connectivity index is 1.42. The Morgan fingerprint density at radius 1 is 1.12 bits per heavy atom. The van der Waals surface area contributed by atoms with Gasteiger partial charge >= 0.3 is 6.09 Å². The van der Waals surface area contributed by atoms with Gasteiger partial charge in [-0.2, -0.15) is 0 Å². The number of nitrogens with zero attached hydrogens (tertiary/aromatic N) is 2. The number of carbonyl (C=O) groups is 2. The standard InChI is InChI=1S/C19H27N3O3/c20-12-18(23)22(17-6-7-17)13-15-8-10-21(11-9-15)19(24)25-14-16-4-2-1-3-5-16/h1-5,15,17H,6-14,20H2. The van der Waals surface area contributed by atoms with Gasteiger partial charge in [-0.3, -0.25) is 4.79 Å². The average molecular weight is 345 g/mol. The van der Waals surface area contributed by atoms with E-state index >= 15 is 0 Å². The van der Waals surface area contributed by atoms with Gasteiger partial charge in [-0.15, -0.1) is 0 Å². The van der Waals surface area contributed by atoms with E-state index in [1.807, 2.05) is 35.2 Å². The number of carbonyl (C=O) groups excluding carboxylic acids is 2. The third-order valence-corrected chi connectivity index (χ3v) is 5.02. The Morgan fingerprint density at radius 2 is 1.80 bits per heavy atom. The zero-order valence-electron chi connectivity index (χ0n) is 14.6. The molecule has 1 saturated carbocycles. The first-order valence-corrected chi connectivity index (χ1v) is 9.12. The molecule has 0 unspecified atom stereocenters. The van der Waals surface area contributed by atoms with Crippen LogP contribution in [0.5, 0.6) is 0 Å². The lowest BCUT2D eigenvalue weighted by Crippen LogP contribution is -2.45. The van der Waals surface area contributed by atoms with Gasteiger partial charge in [0.1, 0.15) is 6.61 Å². The topological polar surface area (TPSA) is 75.9 Å². The van der Waals surface area contributed by atoms with E-state index in [9.17, 15) is 9.59 Å². The SMILES string of the molecule is NCC(=O)N(CC1CCN(C(=O)OCc2ccccc2)CC1)C1CC1. The maximum atomic E-state index is 12.2. The van der Waals surface area contributed by atoms with Crippen molar-refractivity contribution < 1.29 is 14.3 Å². The van der Waals surface area contributed by atoms with Gasteiger partial charge in [0, 0.05) is 25.7 Å². The fourth-order valence-electron chi connectivity index (χ4n) is 3.34. The Hall–Kier alpha value is -2.08. The minimum Gasteiger partial charge on any atom is -0.445 e. The predicted molar refractivity (Wildman–Crippen MR) is 94.7 cm³/mol. The van der Waals surface area contributed by atoms with E-state index in [4.69, 9.17) is 10.5 Å². The molecular formula is C19H27N3O3. The van der Waals surface area contributed by atoms with Crippen LogP contribution in [0.25, 0.3) is 0 Å². The number of hydrogen-bond donors (Lipinski definition) is 1. The molecule has 0 aromatic heterocycles. The zero-order valence-corrected chi connectivity index (χ0v) is 14.6. The van der Waals surface area contributed by atoms with Crippen molar-refractivity contribution in [3.63, 3.8) is 0 Å². The highest BCUT2D eigenvalue weighted by Gasteiger charge is 2.34. The molecule has 1 heterocycles. The maximum absolute atomic E-state index is 12.2. The van der Waals surface area contributed by atoms with Crippen LogP contribution in [-0.4, -0.2) is 54.0 Å². The summed E-state index contributed by atoms with van der Waals surface area (Å²) in [7, 11) is 0. The van der Waals surface area contributed by atoms with Crippen LogP contribution in [0.15, 0.2) is 30.3 Å². The zero-order chi connectivity index (χ0) is 17.6. The van der Waals surface area contributed by atoms with E-state index in [1.54, 1.807) is 4.90 Å². The lowest BCUT2D eigenvalue weighted by atomic mass is 9.96. The van der Waals surface area contributed by atoms with Crippen LogP contribution in [0.2, 0.25) is 0 Å². The molecule has 0 spiro atoms. The van der Waals surface area contributed by atoms with Crippen LogP contribution >= 0.6 is 0 Å². The Morgan fingerprint density at radius 3 is 2.40 bits per heavy atom. The Kier molecular flexibility index (Phi) is 5.91. The van der Waals surface area contributed by atoms with Crippen LogP contribution in [0.1, 0.15) is 31.2 Å². The fraction of sp³-hybridized carbons (Fsp3) is 0.579. The number of likely N-dealkylation sites (tertiary alicyclic amines) is 1. The van der Waals surface area contributed by atoms with Crippen molar-refractivity contribution in [3.05, 3.63) is 35.9 Å². The molecule has 2 N–H and O–H groups in total. The number of ether oxygens (including phenoxy) is 1. The Labute approximate surface area is 148 Å². The predicted octanol–water partition coefficient (Wildman–Crippen LogP) is 1.98. The van der Waals surface area contributed by atoms with Gasteiger partial charge in [-0.05, 0) is 37.2 Å². The minimum atomic E-state index is -0.251. The molecule has 3 rings (SSSR count). The maximum Gasteiger partial charge on any atom is 0.410 e. The summed E-state index contributed by atoms with van der Waals surface area (Å²) >= 11 is 0. The highest BCUT2D eigenvalue weighted by molar-refractivity contribution is 5.78. The Bertz CT molecular complexity index is 581. The normalized spacial score (nSPS) is 18.0. The lowest BCUT2D eigenvalue weighted by Gasteiger charge is -2.34. The largest absolute Gasteiger partial charge is 0.445 e. The summed E-state index contributed by atoms with van der Waals surface area (Å²) < 4.78 is 5.39. The molecule has 2 amide bonds. The summed E-state index contributed by atoms with van der Waals surface area (Å²) in [6.07, 6.45) is 3.75. The van der Waals surface area contributed by atoms with Crippen LogP contribution < -0.4 is 5.73 Å². The quantitative estimate of drug-likeness (QED) is 0.855. The molecule has 1 aromatic carbocycles. The van der Waals surface area contributed by atoms with E-state index < -0.39 is 0 Å². The van der Waals surface area contributed by atoms with Crippen LogP contribution in [-0.2, 0) is 16.1 Å². The number of benzene rings is 1. The van der Waals surface area contributed by atoms with E-state index in [1.165, 1.54) is 0 Å². The molecule has 1 aromatic rings. The van der Waals surface area contributed by atoms with Crippen LogP contribution in [0.4, 0.5) is 4.79 Å². The molecule has 25 heavy (non-hydrogen) atoms. The second-order valence-electron chi connectivity index (χ2n) is 6.95. The smallest absolute Gasteiger partial charge is 0.410 e. The lowest BCUT2D eigenvalue weighted by molar-refractivity contribution is -0.131. The molecule has 136 valence electrons. The van der Waals surface area contributed by atoms with Gasteiger partial charge < -0.3 is 20.3 Å². The molecule has 6 nitrogen and oxygen atoms in total. The molecule has 0 bridgehead atoms. The molecule has 6 heteroatoms. The van der Waals surface area contributed by atoms with Crippen molar-refractivity contribution in [1.29, 1.82) is 0 Å². The third-order valence-electron chi connectivity index (χ3n) is 5.02. The van der Waals surface area contributed by atoms with Gasteiger partial charge in [0.15, 0.2) is 0 Å². The van der Waals surface area contributed by atoms with E-state index in [-0.39, 0.29) is 18.5 Å². The van der Waals surface area contributed by atoms with Crippen molar-refractivity contribution in [2.45, 2.75) is 38.3 Å². The van der Waals surface area contributed by atoms with Crippen molar-refractivity contribution in [3.8, 4) is 0 Å². The number of amides is 2. The summed E-state index contributed by atoms with van der Waals surface area (Å²) in [5.74, 6) is 0.487. The molecule has 2 aliphatic rings. The van der Waals surface area contributed by atoms with E-state index in [2.05, 4.69) is 0 Å². The van der Waals surface area contributed by atoms with Gasteiger partial charge in [0.25, 0.3) is 0 Å². The second-order valence-corrected chi connectivity index (χ2v) is 6.95. The first-order chi connectivity index (χ1) is 12.2. The fourth-order valence-corrected chi connectivity index (χ4v) is 3.34. The molecular weight excluding hydrogens is 318 g/mol. The molecule has 1 saturated heterocycles. The first kappa shape index (κ1) is 17.7. The molecule has 1 aliphatic heterocycles. The summed E-state index contributed by atoms with van der Waals surface area (Å²) in [6.45, 7) is 2.54. The highest BCUT2D eigenvalue weighted by Crippen LogP contribution is 2.29. The molecule has 1 aliphatic carbocycles. The third kappa shape index (κ3) is 4.95. The average Bonchev–Trinajstić information content (AvgIpc) is 3.50. The summed E-state index contributed by atoms with van der Waals surface area (Å²) in [6, 6.07) is 10.1. The van der Waals surface area contributed by atoms with Gasteiger partial charge in [-0.1, -0.05) is 30.3 Å². The van der Waals surface area contributed by atoms with Crippen molar-refractivity contribution >= 4 is 12.0 Å². The van der Waals surface area contributed by atoms with Crippen LogP contribution in [0, 0.1) is 5.92 Å². The van der Waals surface area contributed by atoms with Crippen LogP contribution in [0.3, 0.4) is 0 Å². The van der Waals surface area contributed by atoms with E-state index in [0.717, 1.165) is 37.8 Å². The van der Waals surface area contributed by atoms with Gasteiger partial charge in [-0.25, -0.2) is 4.79 Å². The highest BCUT2D eigenvalue weighted by atomic mass is 16.6. The number of nitrogens with two attached hydrogens (primary N) is 1. The van der Waals surface area contributed by atoms with Gasteiger partial charge in [0.2, 0.25) is 5.91 Å². The monoisotopic (exact) mass is 345 g/mol. The molecule has 0 atom stereocenters. The van der Waals surface area contributed by atoms with Crippen molar-refractivity contribution in [2.24, 2.45) is 11.7 Å². The first-order valence-electron chi connectivity index (χ1n) is 9.12. The van der Waals surface area contributed by atoms with E-state index in [0.29, 0.717) is 31.7 Å².